The van der Waals surface area contributed by atoms with Crippen molar-refractivity contribution >= 4 is 44.2 Å². The molecule has 1 aliphatic heterocycles. The van der Waals surface area contributed by atoms with Crippen molar-refractivity contribution in [3.05, 3.63) is 58.7 Å². The molecule has 146 valence electrons. The van der Waals surface area contributed by atoms with Gasteiger partial charge in [-0.1, -0.05) is 11.6 Å². The highest BCUT2D eigenvalue weighted by Gasteiger charge is 2.25. The molecule has 2 aromatic carbocycles. The van der Waals surface area contributed by atoms with Crippen LogP contribution in [-0.4, -0.2) is 30.0 Å². The van der Waals surface area contributed by atoms with Gasteiger partial charge >= 0.3 is 5.97 Å². The molecule has 2 N–H and O–H groups in total. The van der Waals surface area contributed by atoms with Gasteiger partial charge in [-0.15, -0.1) is 0 Å². The number of anilines is 1. The van der Waals surface area contributed by atoms with Crippen molar-refractivity contribution in [3.8, 4) is 0 Å². The standard InChI is InChI=1S/C20H19ClN2O4S/c21-15-4-7-19-14(10-15)11-16(2-1-3-20(24)25)23(19)28(26,27)17-5-6-18-13(12-17)8-9-22-18/h4-7,10-12,22H,1-3,8-9H2,(H,24,25). The third kappa shape index (κ3) is 3.36. The monoisotopic (exact) mass is 418 g/mol. The fraction of sp³-hybridized carbons (Fsp3) is 0.250. The van der Waals surface area contributed by atoms with Crippen molar-refractivity contribution in [1.29, 1.82) is 0 Å². The number of carbonyl (C=O) groups is 1. The van der Waals surface area contributed by atoms with Gasteiger partial charge in [-0.3, -0.25) is 4.79 Å². The summed E-state index contributed by atoms with van der Waals surface area (Å²) in [6.07, 6.45) is 1.45. The zero-order chi connectivity index (χ0) is 19.9. The maximum Gasteiger partial charge on any atom is 0.303 e. The molecule has 0 atom stereocenters. The van der Waals surface area contributed by atoms with Gasteiger partial charge in [-0.25, -0.2) is 12.4 Å². The first-order valence-electron chi connectivity index (χ1n) is 9.00. The number of aliphatic carboxylic acids is 1. The largest absolute Gasteiger partial charge is 0.481 e. The van der Waals surface area contributed by atoms with Crippen LogP contribution in [0.5, 0.6) is 0 Å². The number of hydrogen-bond donors (Lipinski definition) is 2. The first kappa shape index (κ1) is 18.8. The summed E-state index contributed by atoms with van der Waals surface area (Å²) < 4.78 is 28.3. The minimum absolute atomic E-state index is 0.0210. The van der Waals surface area contributed by atoms with E-state index in [0.29, 0.717) is 34.5 Å². The molecular weight excluding hydrogens is 400 g/mol. The number of aromatic nitrogens is 1. The number of aryl methyl sites for hydroxylation is 1. The molecule has 3 aromatic rings. The third-order valence-electron chi connectivity index (χ3n) is 4.94. The molecule has 0 aliphatic carbocycles. The van der Waals surface area contributed by atoms with Gasteiger partial charge in [0.15, 0.2) is 0 Å². The van der Waals surface area contributed by atoms with Crippen LogP contribution in [0.4, 0.5) is 5.69 Å². The van der Waals surface area contributed by atoms with Crippen molar-refractivity contribution in [2.24, 2.45) is 0 Å². The smallest absolute Gasteiger partial charge is 0.303 e. The van der Waals surface area contributed by atoms with Crippen molar-refractivity contribution in [2.75, 3.05) is 11.9 Å². The second kappa shape index (κ2) is 7.14. The SMILES string of the molecule is O=C(O)CCCc1cc2cc(Cl)ccc2n1S(=O)(=O)c1ccc2c(c1)CCN2. The van der Waals surface area contributed by atoms with Crippen LogP contribution in [0.15, 0.2) is 47.4 Å². The Hall–Kier alpha value is -2.51. The van der Waals surface area contributed by atoms with E-state index in [1.807, 2.05) is 0 Å². The predicted octanol–water partition coefficient (Wildman–Crippen LogP) is 3.91. The Kier molecular flexibility index (Phi) is 4.81. The molecule has 2 heterocycles. The molecule has 0 saturated heterocycles. The predicted molar refractivity (Wildman–Crippen MR) is 109 cm³/mol. The second-order valence-corrected chi connectivity index (χ2v) is 9.07. The van der Waals surface area contributed by atoms with Gasteiger partial charge < -0.3 is 10.4 Å². The number of fused-ring (bicyclic) bond motifs is 2. The minimum Gasteiger partial charge on any atom is -0.481 e. The quantitative estimate of drug-likeness (QED) is 0.633. The molecule has 0 spiro atoms. The number of rotatable bonds is 6. The van der Waals surface area contributed by atoms with Crippen LogP contribution in [-0.2, 0) is 27.7 Å². The average Bonchev–Trinajstić information content (AvgIpc) is 3.24. The Morgan fingerprint density at radius 2 is 2.00 bits per heavy atom. The highest BCUT2D eigenvalue weighted by molar-refractivity contribution is 7.90. The lowest BCUT2D eigenvalue weighted by Crippen LogP contribution is -2.16. The van der Waals surface area contributed by atoms with Crippen molar-refractivity contribution in [2.45, 2.75) is 30.6 Å². The van der Waals surface area contributed by atoms with Gasteiger partial charge in [-0.05, 0) is 67.3 Å². The van der Waals surface area contributed by atoms with Crippen LogP contribution in [0.1, 0.15) is 24.1 Å². The van der Waals surface area contributed by atoms with Crippen LogP contribution in [0.2, 0.25) is 5.02 Å². The second-order valence-electron chi connectivity index (χ2n) is 6.85. The van der Waals surface area contributed by atoms with Crippen LogP contribution >= 0.6 is 11.6 Å². The summed E-state index contributed by atoms with van der Waals surface area (Å²) in [6, 6.07) is 11.9. The molecule has 6 nitrogen and oxygen atoms in total. The van der Waals surface area contributed by atoms with E-state index in [-0.39, 0.29) is 11.3 Å². The van der Waals surface area contributed by atoms with Gasteiger partial charge in [0.25, 0.3) is 10.0 Å². The fourth-order valence-corrected chi connectivity index (χ4v) is 5.44. The number of carboxylic acids is 1. The van der Waals surface area contributed by atoms with E-state index in [0.717, 1.165) is 24.2 Å². The molecule has 8 heteroatoms. The maximum atomic E-state index is 13.5. The maximum absolute atomic E-state index is 13.5. The Morgan fingerprint density at radius 3 is 2.79 bits per heavy atom. The molecule has 4 rings (SSSR count). The van der Waals surface area contributed by atoms with Gasteiger partial charge in [0, 0.05) is 34.8 Å². The highest BCUT2D eigenvalue weighted by atomic mass is 35.5. The number of halogens is 1. The summed E-state index contributed by atoms with van der Waals surface area (Å²) in [7, 11) is -3.84. The average molecular weight is 419 g/mol. The van der Waals surface area contributed by atoms with E-state index in [4.69, 9.17) is 16.7 Å². The van der Waals surface area contributed by atoms with Crippen molar-refractivity contribution < 1.29 is 18.3 Å². The summed E-state index contributed by atoms with van der Waals surface area (Å²) in [5, 5.41) is 13.4. The van der Waals surface area contributed by atoms with Gasteiger partial charge in [-0.2, -0.15) is 0 Å². The summed E-state index contributed by atoms with van der Waals surface area (Å²) in [6.45, 7) is 0.796. The first-order chi connectivity index (χ1) is 13.4. The van der Waals surface area contributed by atoms with E-state index >= 15 is 0 Å². The van der Waals surface area contributed by atoms with Gasteiger partial charge in [0.1, 0.15) is 0 Å². The summed E-state index contributed by atoms with van der Waals surface area (Å²) in [4.78, 5) is 11.1. The first-order valence-corrected chi connectivity index (χ1v) is 10.8. The number of carboxylic acid groups (broad SMARTS) is 1. The number of benzene rings is 2. The Morgan fingerprint density at radius 1 is 1.18 bits per heavy atom. The van der Waals surface area contributed by atoms with E-state index in [2.05, 4.69) is 5.32 Å². The molecule has 0 unspecified atom stereocenters. The fourth-order valence-electron chi connectivity index (χ4n) is 3.64. The number of hydrogen-bond acceptors (Lipinski definition) is 4. The summed E-state index contributed by atoms with van der Waals surface area (Å²) in [5.74, 6) is -0.903. The van der Waals surface area contributed by atoms with Gasteiger partial charge in [0.05, 0.1) is 10.4 Å². The molecule has 0 fully saturated rings. The molecule has 0 bridgehead atoms. The molecular formula is C20H19ClN2O4S. The minimum atomic E-state index is -3.84. The van der Waals surface area contributed by atoms with Crippen molar-refractivity contribution in [1.82, 2.24) is 3.97 Å². The third-order valence-corrected chi connectivity index (χ3v) is 6.94. The van der Waals surface area contributed by atoms with E-state index < -0.39 is 16.0 Å². The van der Waals surface area contributed by atoms with Gasteiger partial charge in [0.2, 0.25) is 0 Å². The normalized spacial score (nSPS) is 13.5. The number of nitrogens with one attached hydrogen (secondary N) is 1. The van der Waals surface area contributed by atoms with Crippen LogP contribution in [0.25, 0.3) is 10.9 Å². The Labute approximate surface area is 167 Å². The zero-order valence-electron chi connectivity index (χ0n) is 15.0. The van der Waals surface area contributed by atoms with E-state index in [1.165, 1.54) is 3.97 Å². The zero-order valence-corrected chi connectivity index (χ0v) is 16.6. The van der Waals surface area contributed by atoms with Crippen LogP contribution in [0, 0.1) is 0 Å². The molecule has 1 aromatic heterocycles. The molecule has 0 amide bonds. The summed E-state index contributed by atoms with van der Waals surface area (Å²) in [5.41, 5.74) is 3.03. The topological polar surface area (TPSA) is 88.4 Å². The number of nitrogens with zero attached hydrogens (tertiary/aromatic N) is 1. The molecule has 0 saturated carbocycles. The Balaban J connectivity index is 1.84. The lowest BCUT2D eigenvalue weighted by molar-refractivity contribution is -0.137. The Bertz CT molecular complexity index is 1180. The molecule has 0 radical (unpaired) electrons. The van der Waals surface area contributed by atoms with E-state index in [1.54, 1.807) is 42.5 Å². The molecule has 28 heavy (non-hydrogen) atoms. The lowest BCUT2D eigenvalue weighted by atomic mass is 10.2. The molecule has 1 aliphatic rings. The van der Waals surface area contributed by atoms with Crippen molar-refractivity contribution in [3.63, 3.8) is 0 Å². The van der Waals surface area contributed by atoms with E-state index in [9.17, 15) is 13.2 Å². The summed E-state index contributed by atoms with van der Waals surface area (Å²) >= 11 is 6.08. The lowest BCUT2D eigenvalue weighted by Gasteiger charge is -2.13. The van der Waals surface area contributed by atoms with Crippen LogP contribution in [0.3, 0.4) is 0 Å². The highest BCUT2D eigenvalue weighted by Crippen LogP contribution is 2.31. The van der Waals surface area contributed by atoms with Crippen LogP contribution < -0.4 is 5.32 Å².